The van der Waals surface area contributed by atoms with Crippen molar-refractivity contribution < 1.29 is 23.8 Å². The van der Waals surface area contributed by atoms with Gasteiger partial charge < -0.3 is 14.2 Å². The molecule has 0 aromatic rings. The van der Waals surface area contributed by atoms with Crippen molar-refractivity contribution in [1.29, 1.82) is 0 Å². The Morgan fingerprint density at radius 1 is 0.523 bits per heavy atom. The van der Waals surface area contributed by atoms with Crippen molar-refractivity contribution in [3.8, 4) is 0 Å². The van der Waals surface area contributed by atoms with Crippen molar-refractivity contribution in [2.45, 2.75) is 207 Å². The first-order chi connectivity index (χ1) is 21.6. The quantitative estimate of drug-likeness (QED) is 0.0400. The summed E-state index contributed by atoms with van der Waals surface area (Å²) in [5, 5.41) is 0. The SMILES string of the molecule is CCCCCCCC/C=C\CCCCCCCC(=O)OC[C@@H](COCCCCCCCCCCCCCCCC)OC(C)=O. The van der Waals surface area contributed by atoms with Crippen LogP contribution in [0.25, 0.3) is 0 Å². The van der Waals surface area contributed by atoms with Crippen LogP contribution in [-0.2, 0) is 23.8 Å². The van der Waals surface area contributed by atoms with E-state index < -0.39 is 6.10 Å². The molecule has 0 rings (SSSR count). The lowest BCUT2D eigenvalue weighted by atomic mass is 10.0. The van der Waals surface area contributed by atoms with Gasteiger partial charge in [-0.2, -0.15) is 0 Å². The summed E-state index contributed by atoms with van der Waals surface area (Å²) in [6.07, 6.45) is 39.2. The van der Waals surface area contributed by atoms with Crippen molar-refractivity contribution in [2.24, 2.45) is 0 Å². The Morgan fingerprint density at radius 3 is 1.39 bits per heavy atom. The number of ether oxygens (including phenoxy) is 3. The number of rotatable bonds is 35. The fourth-order valence-corrected chi connectivity index (χ4v) is 5.56. The van der Waals surface area contributed by atoms with E-state index >= 15 is 0 Å². The number of allylic oxidation sites excluding steroid dienone is 2. The summed E-state index contributed by atoms with van der Waals surface area (Å²) in [7, 11) is 0. The van der Waals surface area contributed by atoms with Crippen LogP contribution in [0.15, 0.2) is 12.2 Å². The number of carbonyl (C=O) groups excluding carboxylic acids is 2. The van der Waals surface area contributed by atoms with Crippen molar-refractivity contribution in [3.05, 3.63) is 12.2 Å². The van der Waals surface area contributed by atoms with Crippen LogP contribution in [0.5, 0.6) is 0 Å². The molecule has 260 valence electrons. The zero-order valence-corrected chi connectivity index (χ0v) is 29.7. The van der Waals surface area contributed by atoms with E-state index in [1.807, 2.05) is 0 Å². The summed E-state index contributed by atoms with van der Waals surface area (Å²) >= 11 is 0. The molecule has 0 aromatic carbocycles. The van der Waals surface area contributed by atoms with Crippen LogP contribution in [0.3, 0.4) is 0 Å². The van der Waals surface area contributed by atoms with E-state index in [1.54, 1.807) is 0 Å². The number of hydrogen-bond acceptors (Lipinski definition) is 5. The molecule has 0 saturated heterocycles. The molecule has 0 amide bonds. The lowest BCUT2D eigenvalue weighted by molar-refractivity contribution is -0.161. The van der Waals surface area contributed by atoms with Crippen LogP contribution in [-0.4, -0.2) is 37.9 Å². The van der Waals surface area contributed by atoms with E-state index in [4.69, 9.17) is 14.2 Å². The second kappa shape index (κ2) is 36.1. The standard InChI is InChI=1S/C39H74O5/c1-4-6-8-10-12-14-16-18-20-21-23-25-27-29-31-33-39(41)43-36-38(44-37(3)40)35-42-34-32-30-28-26-24-22-19-17-15-13-11-9-7-5-2/h18,20,38H,4-17,19,21-36H2,1-3H3/b20-18-/t38-/m1/s1. The summed E-state index contributed by atoms with van der Waals surface area (Å²) < 4.78 is 16.5. The van der Waals surface area contributed by atoms with E-state index in [0.29, 0.717) is 13.0 Å². The molecule has 5 nitrogen and oxygen atoms in total. The summed E-state index contributed by atoms with van der Waals surface area (Å²) in [5.41, 5.74) is 0. The minimum atomic E-state index is -0.530. The van der Waals surface area contributed by atoms with Crippen LogP contribution in [0.1, 0.15) is 201 Å². The molecular weight excluding hydrogens is 548 g/mol. The van der Waals surface area contributed by atoms with Gasteiger partial charge in [0.1, 0.15) is 6.61 Å². The highest BCUT2D eigenvalue weighted by atomic mass is 16.6. The van der Waals surface area contributed by atoms with Gasteiger partial charge in [-0.1, -0.05) is 161 Å². The molecular formula is C39H74O5. The van der Waals surface area contributed by atoms with E-state index in [2.05, 4.69) is 26.0 Å². The average molecular weight is 623 g/mol. The van der Waals surface area contributed by atoms with Crippen LogP contribution >= 0.6 is 0 Å². The fraction of sp³-hybridized carbons (Fsp3) is 0.897. The smallest absolute Gasteiger partial charge is 0.305 e. The van der Waals surface area contributed by atoms with Gasteiger partial charge in [-0.25, -0.2) is 0 Å². The maximum absolute atomic E-state index is 12.2. The van der Waals surface area contributed by atoms with E-state index in [-0.39, 0.29) is 25.2 Å². The van der Waals surface area contributed by atoms with Crippen molar-refractivity contribution in [1.82, 2.24) is 0 Å². The van der Waals surface area contributed by atoms with Gasteiger partial charge in [-0.15, -0.1) is 0 Å². The van der Waals surface area contributed by atoms with Gasteiger partial charge >= 0.3 is 11.9 Å². The second-order valence-corrected chi connectivity index (χ2v) is 12.9. The Hall–Kier alpha value is -1.36. The first-order valence-corrected chi connectivity index (χ1v) is 19.2. The van der Waals surface area contributed by atoms with E-state index in [9.17, 15) is 9.59 Å². The highest BCUT2D eigenvalue weighted by Crippen LogP contribution is 2.14. The Kier molecular flexibility index (Phi) is 35.0. The first kappa shape index (κ1) is 42.6. The predicted molar refractivity (Wildman–Crippen MR) is 187 cm³/mol. The fourth-order valence-electron chi connectivity index (χ4n) is 5.56. The normalized spacial score (nSPS) is 12.2. The van der Waals surface area contributed by atoms with Gasteiger partial charge in [0.15, 0.2) is 6.10 Å². The van der Waals surface area contributed by atoms with E-state index in [1.165, 1.54) is 148 Å². The molecule has 44 heavy (non-hydrogen) atoms. The first-order valence-electron chi connectivity index (χ1n) is 19.2. The number of esters is 2. The third-order valence-corrected chi connectivity index (χ3v) is 8.35. The Bertz CT molecular complexity index is 632. The monoisotopic (exact) mass is 623 g/mol. The molecule has 0 fully saturated rings. The van der Waals surface area contributed by atoms with Gasteiger partial charge in [-0.3, -0.25) is 9.59 Å². The summed E-state index contributed by atoms with van der Waals surface area (Å²) in [4.78, 5) is 23.7. The number of unbranched alkanes of at least 4 members (excludes halogenated alkanes) is 24. The maximum Gasteiger partial charge on any atom is 0.305 e. The van der Waals surface area contributed by atoms with E-state index in [0.717, 1.165) is 32.1 Å². The molecule has 0 unspecified atom stereocenters. The van der Waals surface area contributed by atoms with Crippen molar-refractivity contribution in [2.75, 3.05) is 19.8 Å². The zero-order valence-electron chi connectivity index (χ0n) is 29.7. The van der Waals surface area contributed by atoms with Gasteiger partial charge in [0.05, 0.1) is 6.61 Å². The van der Waals surface area contributed by atoms with Gasteiger partial charge in [0.2, 0.25) is 0 Å². The summed E-state index contributed by atoms with van der Waals surface area (Å²) in [6.45, 7) is 6.92. The van der Waals surface area contributed by atoms with Crippen LogP contribution in [0, 0.1) is 0 Å². The lowest BCUT2D eigenvalue weighted by Gasteiger charge is -2.17. The van der Waals surface area contributed by atoms with Crippen LogP contribution in [0.2, 0.25) is 0 Å². The third kappa shape index (κ3) is 35.1. The third-order valence-electron chi connectivity index (χ3n) is 8.35. The summed E-state index contributed by atoms with van der Waals surface area (Å²) in [5.74, 6) is -0.588. The van der Waals surface area contributed by atoms with Crippen LogP contribution < -0.4 is 0 Å². The molecule has 0 bridgehead atoms. The maximum atomic E-state index is 12.2. The predicted octanol–water partition coefficient (Wildman–Crippen LogP) is 12.0. The molecule has 5 heteroatoms. The minimum absolute atomic E-state index is 0.0717. The zero-order chi connectivity index (χ0) is 32.2. The van der Waals surface area contributed by atoms with Gasteiger partial charge in [-0.05, 0) is 38.5 Å². The molecule has 0 radical (unpaired) electrons. The van der Waals surface area contributed by atoms with Crippen molar-refractivity contribution in [3.63, 3.8) is 0 Å². The summed E-state index contributed by atoms with van der Waals surface area (Å²) in [6, 6.07) is 0. The molecule has 0 aliphatic heterocycles. The van der Waals surface area contributed by atoms with Gasteiger partial charge in [0.25, 0.3) is 0 Å². The average Bonchev–Trinajstić information content (AvgIpc) is 3.01. The molecule has 0 aliphatic carbocycles. The van der Waals surface area contributed by atoms with Gasteiger partial charge in [0, 0.05) is 20.0 Å². The van der Waals surface area contributed by atoms with Crippen LogP contribution in [0.4, 0.5) is 0 Å². The largest absolute Gasteiger partial charge is 0.462 e. The Labute approximate surface area is 274 Å². The Balaban J connectivity index is 3.62. The number of carbonyl (C=O) groups is 2. The lowest BCUT2D eigenvalue weighted by Crippen LogP contribution is -2.29. The minimum Gasteiger partial charge on any atom is -0.462 e. The number of hydrogen-bond donors (Lipinski definition) is 0. The molecule has 0 aromatic heterocycles. The Morgan fingerprint density at radius 2 is 0.932 bits per heavy atom. The molecule has 0 saturated carbocycles. The second-order valence-electron chi connectivity index (χ2n) is 12.9. The van der Waals surface area contributed by atoms with Crippen molar-refractivity contribution >= 4 is 11.9 Å². The molecule has 1 atom stereocenters. The topological polar surface area (TPSA) is 61.8 Å². The highest BCUT2D eigenvalue weighted by Gasteiger charge is 2.15. The molecule has 0 N–H and O–H groups in total. The molecule has 0 heterocycles. The molecule has 0 spiro atoms. The molecule has 0 aliphatic rings. The highest BCUT2D eigenvalue weighted by molar-refractivity contribution is 5.69.